The van der Waals surface area contributed by atoms with Crippen LogP contribution >= 0.6 is 11.8 Å². The van der Waals surface area contributed by atoms with Gasteiger partial charge in [0.25, 0.3) is 0 Å². The van der Waals surface area contributed by atoms with Crippen molar-refractivity contribution in [2.75, 3.05) is 42.1 Å². The van der Waals surface area contributed by atoms with E-state index in [4.69, 9.17) is 9.97 Å². The fraction of sp³-hybridized carbons (Fsp3) is 0.478. The number of nitrogens with one attached hydrogen (secondary N) is 4. The average Bonchev–Trinajstić information content (AvgIpc) is 3.30. The molecule has 0 spiro atoms. The van der Waals surface area contributed by atoms with Gasteiger partial charge in [-0.3, -0.25) is 10.2 Å². The standard InChI is InChI=1S/C23H30N8OS/c32-22(16-3-4-16)26-17-5-7-18(8-6-17)33-23-28-20(24-11-14-31-12-1-2-13-31)15-21(29-23)27-19-9-10-25-30-19/h5-8,10,15-16,19,30H,1-4,9,11-14H2,(H,26,32)(H2,24,27,28,29). The van der Waals surface area contributed by atoms with E-state index in [0.717, 1.165) is 54.6 Å². The van der Waals surface area contributed by atoms with Crippen molar-refractivity contribution in [3.05, 3.63) is 30.3 Å². The van der Waals surface area contributed by atoms with E-state index in [1.807, 2.05) is 36.5 Å². The first-order valence-corrected chi connectivity index (χ1v) is 12.5. The maximum atomic E-state index is 12.0. The third-order valence-corrected chi connectivity index (χ3v) is 6.78. The van der Waals surface area contributed by atoms with Gasteiger partial charge in [-0.25, -0.2) is 9.97 Å². The average molecular weight is 467 g/mol. The lowest BCUT2D eigenvalue weighted by Gasteiger charge is -2.17. The molecule has 10 heteroatoms. The predicted octanol–water partition coefficient (Wildman–Crippen LogP) is 3.20. The summed E-state index contributed by atoms with van der Waals surface area (Å²) in [6, 6.07) is 9.79. The number of anilines is 3. The summed E-state index contributed by atoms with van der Waals surface area (Å²) in [4.78, 5) is 24.9. The van der Waals surface area contributed by atoms with Crippen LogP contribution in [0.1, 0.15) is 32.1 Å². The van der Waals surface area contributed by atoms with Crippen LogP contribution in [0.2, 0.25) is 0 Å². The van der Waals surface area contributed by atoms with Gasteiger partial charge in [-0.15, -0.1) is 0 Å². The minimum atomic E-state index is 0.0320. The lowest BCUT2D eigenvalue weighted by atomic mass is 10.3. The molecular weight excluding hydrogens is 436 g/mol. The molecule has 5 rings (SSSR count). The largest absolute Gasteiger partial charge is 0.369 e. The summed E-state index contributed by atoms with van der Waals surface area (Å²) in [7, 11) is 0. The highest BCUT2D eigenvalue weighted by Gasteiger charge is 2.29. The number of aromatic nitrogens is 2. The van der Waals surface area contributed by atoms with Crippen LogP contribution in [0.5, 0.6) is 0 Å². The number of nitrogens with zero attached hydrogens (tertiary/aromatic N) is 4. The number of hydrogen-bond acceptors (Lipinski definition) is 9. The van der Waals surface area contributed by atoms with Crippen molar-refractivity contribution in [2.24, 2.45) is 11.0 Å². The fourth-order valence-electron chi connectivity index (χ4n) is 3.91. The zero-order valence-corrected chi connectivity index (χ0v) is 19.4. The minimum Gasteiger partial charge on any atom is -0.369 e. The van der Waals surface area contributed by atoms with E-state index in [-0.39, 0.29) is 18.0 Å². The molecule has 1 atom stereocenters. The SMILES string of the molecule is O=C(Nc1ccc(Sc2nc(NCCN3CCCC3)cc(NC3CC=NN3)n2)cc1)C1CC1. The van der Waals surface area contributed by atoms with Gasteiger partial charge in [0.05, 0.1) is 0 Å². The van der Waals surface area contributed by atoms with Crippen LogP contribution in [0, 0.1) is 5.92 Å². The molecule has 9 nitrogen and oxygen atoms in total. The molecule has 1 amide bonds. The highest BCUT2D eigenvalue weighted by Crippen LogP contribution is 2.31. The van der Waals surface area contributed by atoms with Crippen molar-refractivity contribution in [1.82, 2.24) is 20.3 Å². The molecule has 1 saturated heterocycles. The Hall–Kier alpha value is -2.85. The van der Waals surface area contributed by atoms with E-state index in [1.165, 1.54) is 37.7 Å². The third-order valence-electron chi connectivity index (χ3n) is 5.90. The first kappa shape index (κ1) is 22.0. The number of likely N-dealkylation sites (tertiary alicyclic amines) is 1. The summed E-state index contributed by atoms with van der Waals surface area (Å²) in [6.45, 7) is 4.23. The molecule has 0 radical (unpaired) electrons. The molecule has 1 unspecified atom stereocenters. The molecule has 33 heavy (non-hydrogen) atoms. The van der Waals surface area contributed by atoms with Crippen LogP contribution in [-0.4, -0.2) is 59.3 Å². The topological polar surface area (TPSA) is 107 Å². The quantitative estimate of drug-likeness (QED) is 0.396. The van der Waals surface area contributed by atoms with Crippen LogP contribution in [0.4, 0.5) is 17.3 Å². The lowest BCUT2D eigenvalue weighted by molar-refractivity contribution is -0.117. The van der Waals surface area contributed by atoms with E-state index in [9.17, 15) is 4.79 Å². The summed E-state index contributed by atoms with van der Waals surface area (Å²) >= 11 is 1.50. The van der Waals surface area contributed by atoms with Crippen molar-refractivity contribution in [3.63, 3.8) is 0 Å². The number of rotatable bonds is 10. The first-order chi connectivity index (χ1) is 16.2. The Morgan fingerprint density at radius 1 is 1.12 bits per heavy atom. The lowest BCUT2D eigenvalue weighted by Crippen LogP contribution is -2.29. The highest BCUT2D eigenvalue weighted by molar-refractivity contribution is 7.99. The van der Waals surface area contributed by atoms with Gasteiger partial charge < -0.3 is 20.9 Å². The van der Waals surface area contributed by atoms with Crippen LogP contribution < -0.4 is 21.4 Å². The van der Waals surface area contributed by atoms with E-state index < -0.39 is 0 Å². The molecule has 3 heterocycles. The van der Waals surface area contributed by atoms with Gasteiger partial charge in [0.2, 0.25) is 5.91 Å². The van der Waals surface area contributed by atoms with Gasteiger partial charge in [0.1, 0.15) is 17.8 Å². The maximum Gasteiger partial charge on any atom is 0.227 e. The molecule has 2 fully saturated rings. The zero-order valence-electron chi connectivity index (χ0n) is 18.6. The van der Waals surface area contributed by atoms with E-state index in [2.05, 4.69) is 31.4 Å². The maximum absolute atomic E-state index is 12.0. The van der Waals surface area contributed by atoms with Gasteiger partial charge >= 0.3 is 0 Å². The van der Waals surface area contributed by atoms with Crippen LogP contribution in [0.3, 0.4) is 0 Å². The number of carbonyl (C=O) groups is 1. The number of hydrazone groups is 1. The second kappa shape index (κ2) is 10.4. The summed E-state index contributed by atoms with van der Waals surface area (Å²) < 4.78 is 0. The van der Waals surface area contributed by atoms with E-state index in [0.29, 0.717) is 5.16 Å². The third kappa shape index (κ3) is 6.35. The van der Waals surface area contributed by atoms with Crippen molar-refractivity contribution < 1.29 is 4.79 Å². The Labute approximate surface area is 198 Å². The summed E-state index contributed by atoms with van der Waals surface area (Å²) in [5.41, 5.74) is 3.86. The van der Waals surface area contributed by atoms with Crippen molar-refractivity contribution in [1.29, 1.82) is 0 Å². The normalized spacial score (nSPS) is 19.9. The van der Waals surface area contributed by atoms with Crippen molar-refractivity contribution >= 4 is 41.2 Å². The molecule has 0 bridgehead atoms. The van der Waals surface area contributed by atoms with Crippen molar-refractivity contribution in [3.8, 4) is 0 Å². The number of carbonyl (C=O) groups excluding carboxylic acids is 1. The zero-order chi connectivity index (χ0) is 22.5. The molecule has 4 N–H and O–H groups in total. The second-order valence-corrected chi connectivity index (χ2v) is 9.70. The highest BCUT2D eigenvalue weighted by atomic mass is 32.2. The first-order valence-electron chi connectivity index (χ1n) is 11.7. The molecule has 2 aromatic rings. The Morgan fingerprint density at radius 2 is 1.91 bits per heavy atom. The van der Waals surface area contributed by atoms with Gasteiger partial charge in [0, 0.05) is 48.3 Å². The number of benzene rings is 1. The van der Waals surface area contributed by atoms with Gasteiger partial charge in [0.15, 0.2) is 5.16 Å². The second-order valence-electron chi connectivity index (χ2n) is 8.66. The predicted molar refractivity (Wildman–Crippen MR) is 132 cm³/mol. The Kier molecular flexibility index (Phi) is 6.92. The summed E-state index contributed by atoms with van der Waals surface area (Å²) in [5, 5.41) is 14.6. The molecule has 174 valence electrons. The number of hydrogen-bond donors (Lipinski definition) is 4. The minimum absolute atomic E-state index is 0.0320. The molecule has 1 saturated carbocycles. The van der Waals surface area contributed by atoms with Gasteiger partial charge in [-0.2, -0.15) is 5.10 Å². The molecule has 1 aromatic carbocycles. The Morgan fingerprint density at radius 3 is 2.64 bits per heavy atom. The van der Waals surface area contributed by atoms with Crippen LogP contribution in [0.25, 0.3) is 0 Å². The van der Waals surface area contributed by atoms with E-state index >= 15 is 0 Å². The van der Waals surface area contributed by atoms with E-state index in [1.54, 1.807) is 0 Å². The molecule has 1 aromatic heterocycles. The smallest absolute Gasteiger partial charge is 0.227 e. The number of amides is 1. The monoisotopic (exact) mass is 466 g/mol. The Bertz CT molecular complexity index is 980. The summed E-state index contributed by atoms with van der Waals surface area (Å²) in [5.74, 6) is 1.87. The Balaban J connectivity index is 1.24. The van der Waals surface area contributed by atoms with Gasteiger partial charge in [-0.1, -0.05) is 0 Å². The van der Waals surface area contributed by atoms with Crippen molar-refractivity contribution in [2.45, 2.75) is 48.3 Å². The summed E-state index contributed by atoms with van der Waals surface area (Å²) in [6.07, 6.45) is 7.27. The van der Waals surface area contributed by atoms with Gasteiger partial charge in [-0.05, 0) is 74.8 Å². The van der Waals surface area contributed by atoms with Crippen LogP contribution in [-0.2, 0) is 4.79 Å². The molecule has 1 aliphatic carbocycles. The van der Waals surface area contributed by atoms with Crippen LogP contribution in [0.15, 0.2) is 45.5 Å². The molecule has 3 aliphatic rings. The fourth-order valence-corrected chi connectivity index (χ4v) is 4.68. The molecular formula is C23H30N8OS. The molecule has 2 aliphatic heterocycles.